The zero-order valence-electron chi connectivity index (χ0n) is 15.6. The van der Waals surface area contributed by atoms with Gasteiger partial charge in [0.25, 0.3) is 5.91 Å². The van der Waals surface area contributed by atoms with Crippen molar-refractivity contribution in [3.05, 3.63) is 40.6 Å². The number of hydrogen-bond donors (Lipinski definition) is 1. The molecule has 9 heteroatoms. The van der Waals surface area contributed by atoms with Gasteiger partial charge >= 0.3 is 0 Å². The van der Waals surface area contributed by atoms with Crippen LogP contribution in [0.3, 0.4) is 0 Å². The molecule has 1 aliphatic heterocycles. The van der Waals surface area contributed by atoms with Gasteiger partial charge in [0.15, 0.2) is 0 Å². The number of piperazine rings is 1. The lowest BCUT2D eigenvalue weighted by molar-refractivity contribution is 0.0952. The molecule has 150 valence electrons. The van der Waals surface area contributed by atoms with Crippen molar-refractivity contribution in [2.45, 2.75) is 23.8 Å². The Labute approximate surface area is 169 Å². The van der Waals surface area contributed by atoms with Gasteiger partial charge in [-0.2, -0.15) is 4.31 Å². The lowest BCUT2D eigenvalue weighted by atomic mass is 10.2. The predicted molar refractivity (Wildman–Crippen MR) is 109 cm³/mol. The fourth-order valence-electron chi connectivity index (χ4n) is 3.26. The predicted octanol–water partition coefficient (Wildman–Crippen LogP) is 2.16. The van der Waals surface area contributed by atoms with E-state index < -0.39 is 10.0 Å². The van der Waals surface area contributed by atoms with E-state index in [-0.39, 0.29) is 21.7 Å². The Kier molecular flexibility index (Phi) is 5.31. The van der Waals surface area contributed by atoms with Crippen LogP contribution in [0.25, 0.3) is 0 Å². The largest absolute Gasteiger partial charge is 0.497 e. The third kappa shape index (κ3) is 3.87. The molecule has 0 radical (unpaired) electrons. The van der Waals surface area contributed by atoms with Gasteiger partial charge in [-0.25, -0.2) is 8.42 Å². The van der Waals surface area contributed by atoms with E-state index in [1.807, 2.05) is 24.3 Å². The van der Waals surface area contributed by atoms with Gasteiger partial charge in [-0.05, 0) is 48.6 Å². The summed E-state index contributed by atoms with van der Waals surface area (Å²) in [7, 11) is -2.06. The van der Waals surface area contributed by atoms with Crippen molar-refractivity contribution in [2.75, 3.05) is 38.2 Å². The molecular formula is C19H23N3O4S2. The maximum absolute atomic E-state index is 13.1. The van der Waals surface area contributed by atoms with E-state index in [2.05, 4.69) is 10.2 Å². The minimum absolute atomic E-state index is 0.119. The summed E-state index contributed by atoms with van der Waals surface area (Å²) in [6.07, 6.45) is 1.93. The average molecular weight is 422 g/mol. The summed E-state index contributed by atoms with van der Waals surface area (Å²) in [6.45, 7) is 1.96. The molecule has 0 bridgehead atoms. The highest BCUT2D eigenvalue weighted by atomic mass is 32.2. The van der Waals surface area contributed by atoms with Crippen LogP contribution in [0.4, 0.5) is 5.69 Å². The van der Waals surface area contributed by atoms with Crippen LogP contribution in [0.15, 0.2) is 40.6 Å². The van der Waals surface area contributed by atoms with Crippen molar-refractivity contribution in [1.29, 1.82) is 0 Å². The number of nitrogens with one attached hydrogen (secondary N) is 1. The molecule has 1 aromatic heterocycles. The lowest BCUT2D eigenvalue weighted by Crippen LogP contribution is -2.48. The van der Waals surface area contributed by atoms with Crippen LogP contribution < -0.4 is 15.0 Å². The van der Waals surface area contributed by atoms with Gasteiger partial charge in [0.1, 0.15) is 15.5 Å². The van der Waals surface area contributed by atoms with Crippen molar-refractivity contribution in [3.8, 4) is 5.75 Å². The Balaban J connectivity index is 1.45. The molecule has 0 spiro atoms. The quantitative estimate of drug-likeness (QED) is 0.773. The number of anilines is 1. The van der Waals surface area contributed by atoms with Crippen LogP contribution in [-0.2, 0) is 10.0 Å². The number of benzene rings is 1. The molecule has 0 unspecified atom stereocenters. The number of ether oxygens (including phenoxy) is 1. The van der Waals surface area contributed by atoms with Crippen LogP contribution in [0.5, 0.6) is 5.75 Å². The second-order valence-corrected chi connectivity index (χ2v) is 9.77. The highest BCUT2D eigenvalue weighted by Gasteiger charge is 2.34. The third-order valence-electron chi connectivity index (χ3n) is 5.04. The Bertz CT molecular complexity index is 944. The van der Waals surface area contributed by atoms with Gasteiger partial charge < -0.3 is 15.0 Å². The van der Waals surface area contributed by atoms with Crippen LogP contribution in [0, 0.1) is 0 Å². The molecule has 1 saturated carbocycles. The average Bonchev–Trinajstić information content (AvgIpc) is 3.38. The molecule has 2 fully saturated rings. The number of thiophene rings is 1. The summed E-state index contributed by atoms with van der Waals surface area (Å²) in [4.78, 5) is 14.9. The van der Waals surface area contributed by atoms with Crippen molar-refractivity contribution in [1.82, 2.24) is 9.62 Å². The Hall–Kier alpha value is -2.10. The van der Waals surface area contributed by atoms with E-state index in [1.54, 1.807) is 12.5 Å². The fourth-order valence-corrected chi connectivity index (χ4v) is 5.99. The normalized spacial score (nSPS) is 18.1. The summed E-state index contributed by atoms with van der Waals surface area (Å²) in [6, 6.07) is 9.48. The number of rotatable bonds is 6. The Morgan fingerprint density at radius 2 is 1.79 bits per heavy atom. The van der Waals surface area contributed by atoms with Gasteiger partial charge in [-0.15, -0.1) is 11.3 Å². The van der Waals surface area contributed by atoms with E-state index in [0.29, 0.717) is 26.2 Å². The third-order valence-corrected chi connectivity index (χ3v) is 8.03. The van der Waals surface area contributed by atoms with Crippen LogP contribution >= 0.6 is 11.3 Å². The maximum Gasteiger partial charge on any atom is 0.262 e. The molecule has 1 amide bonds. The van der Waals surface area contributed by atoms with Crippen molar-refractivity contribution in [2.24, 2.45) is 0 Å². The van der Waals surface area contributed by atoms with Crippen molar-refractivity contribution in [3.63, 3.8) is 0 Å². The molecule has 28 heavy (non-hydrogen) atoms. The van der Waals surface area contributed by atoms with Crippen LogP contribution in [0.1, 0.15) is 22.5 Å². The fraction of sp³-hybridized carbons (Fsp3) is 0.421. The first kappa shape index (κ1) is 19.2. The SMILES string of the molecule is COc1ccc(N2CCN(S(=O)(=O)c3ccsc3C(=O)NC3CC3)CC2)cc1. The highest BCUT2D eigenvalue weighted by Crippen LogP contribution is 2.28. The number of hydrogen-bond acceptors (Lipinski definition) is 6. The highest BCUT2D eigenvalue weighted by molar-refractivity contribution is 7.89. The topological polar surface area (TPSA) is 79.0 Å². The van der Waals surface area contributed by atoms with Crippen LogP contribution in [-0.4, -0.2) is 58.0 Å². The number of amides is 1. The van der Waals surface area contributed by atoms with Gasteiger partial charge in [0.05, 0.1) is 7.11 Å². The summed E-state index contributed by atoms with van der Waals surface area (Å²) in [5, 5.41) is 4.55. The molecule has 1 aromatic carbocycles. The monoisotopic (exact) mass is 421 g/mol. The molecule has 1 N–H and O–H groups in total. The molecule has 4 rings (SSSR count). The molecular weight excluding hydrogens is 398 g/mol. The van der Waals surface area contributed by atoms with Gasteiger partial charge in [-0.3, -0.25) is 4.79 Å². The van der Waals surface area contributed by atoms with E-state index in [4.69, 9.17) is 4.74 Å². The molecule has 1 aliphatic carbocycles. The second kappa shape index (κ2) is 7.73. The summed E-state index contributed by atoms with van der Waals surface area (Å²) >= 11 is 1.18. The van der Waals surface area contributed by atoms with E-state index >= 15 is 0 Å². The number of carbonyl (C=O) groups is 1. The van der Waals surface area contributed by atoms with Gasteiger partial charge in [0, 0.05) is 37.9 Å². The Morgan fingerprint density at radius 1 is 1.11 bits per heavy atom. The molecule has 7 nitrogen and oxygen atoms in total. The Morgan fingerprint density at radius 3 is 2.39 bits per heavy atom. The van der Waals surface area contributed by atoms with Gasteiger partial charge in [0.2, 0.25) is 10.0 Å². The summed E-state index contributed by atoms with van der Waals surface area (Å²) in [5.74, 6) is 0.507. The summed E-state index contributed by atoms with van der Waals surface area (Å²) < 4.78 is 32.9. The molecule has 2 aliphatic rings. The molecule has 2 heterocycles. The molecule has 0 atom stereocenters. The first-order valence-corrected chi connectivity index (χ1v) is 11.6. The minimum Gasteiger partial charge on any atom is -0.497 e. The van der Waals surface area contributed by atoms with E-state index in [9.17, 15) is 13.2 Å². The number of sulfonamides is 1. The molecule has 1 saturated heterocycles. The summed E-state index contributed by atoms with van der Waals surface area (Å²) in [5.41, 5.74) is 1.04. The van der Waals surface area contributed by atoms with Crippen LogP contribution in [0.2, 0.25) is 0 Å². The maximum atomic E-state index is 13.1. The minimum atomic E-state index is -3.69. The van der Waals surface area contributed by atoms with Crippen molar-refractivity contribution < 1.29 is 17.9 Å². The first-order valence-electron chi connectivity index (χ1n) is 9.26. The van der Waals surface area contributed by atoms with Gasteiger partial charge in [-0.1, -0.05) is 0 Å². The number of carbonyl (C=O) groups excluding carboxylic acids is 1. The number of methoxy groups -OCH3 is 1. The smallest absolute Gasteiger partial charge is 0.262 e. The first-order chi connectivity index (χ1) is 13.5. The zero-order valence-corrected chi connectivity index (χ0v) is 17.3. The zero-order chi connectivity index (χ0) is 19.7. The van der Waals surface area contributed by atoms with Crippen molar-refractivity contribution >= 4 is 33.0 Å². The number of nitrogens with zero attached hydrogens (tertiary/aromatic N) is 2. The van der Waals surface area contributed by atoms with E-state index in [1.165, 1.54) is 21.7 Å². The second-order valence-electron chi connectivity index (χ2n) is 6.95. The molecule has 2 aromatic rings. The standard InChI is InChI=1S/C19H23N3O4S2/c1-26-16-6-4-15(5-7-16)21-9-11-22(12-10-21)28(24,25)17-8-13-27-18(17)19(23)20-14-2-3-14/h4-8,13-14H,2-3,9-12H2,1H3,(H,20,23). The van der Waals surface area contributed by atoms with E-state index in [0.717, 1.165) is 24.3 Å². The lowest BCUT2D eigenvalue weighted by Gasteiger charge is -2.35.